The van der Waals surface area contributed by atoms with Crippen molar-refractivity contribution in [3.63, 3.8) is 0 Å². The minimum atomic E-state index is -0.104. The number of rotatable bonds is 3. The van der Waals surface area contributed by atoms with Crippen molar-refractivity contribution in [2.24, 2.45) is 5.92 Å². The van der Waals surface area contributed by atoms with E-state index in [4.69, 9.17) is 0 Å². The maximum Gasteiger partial charge on any atom is 0.0571 e. The van der Waals surface area contributed by atoms with Gasteiger partial charge in [0.25, 0.3) is 0 Å². The first-order chi connectivity index (χ1) is 9.28. The minimum absolute atomic E-state index is 0.104. The van der Waals surface area contributed by atoms with Crippen LogP contribution in [-0.2, 0) is 12.8 Å². The molecule has 1 fully saturated rings. The summed E-state index contributed by atoms with van der Waals surface area (Å²) in [6.07, 6.45) is 8.71. The third-order valence-corrected chi connectivity index (χ3v) is 4.59. The molecule has 1 saturated carbocycles. The van der Waals surface area contributed by atoms with Gasteiger partial charge < -0.3 is 10.1 Å². The Kier molecular flexibility index (Phi) is 3.61. The van der Waals surface area contributed by atoms with Gasteiger partial charge in [0.2, 0.25) is 0 Å². The second-order valence-electron chi connectivity index (χ2n) is 5.86. The third kappa shape index (κ3) is 2.55. The van der Waals surface area contributed by atoms with Crippen molar-refractivity contribution in [1.29, 1.82) is 0 Å². The van der Waals surface area contributed by atoms with Gasteiger partial charge in [-0.2, -0.15) is 0 Å². The van der Waals surface area contributed by atoms with Crippen LogP contribution in [-0.4, -0.2) is 16.2 Å². The number of aliphatic hydroxyl groups excluding tert-OH is 1. The highest BCUT2D eigenvalue weighted by atomic mass is 16.3. The summed E-state index contributed by atoms with van der Waals surface area (Å²) >= 11 is 0. The zero-order valence-corrected chi connectivity index (χ0v) is 11.7. The predicted molar refractivity (Wildman–Crippen MR) is 79.3 cm³/mol. The number of aliphatic hydroxyl groups is 1. The third-order valence-electron chi connectivity index (χ3n) is 4.59. The first kappa shape index (κ1) is 12.7. The van der Waals surface area contributed by atoms with E-state index in [1.165, 1.54) is 41.3 Å². The van der Waals surface area contributed by atoms with Crippen LogP contribution in [0.25, 0.3) is 10.9 Å². The van der Waals surface area contributed by atoms with Crippen LogP contribution in [0.1, 0.15) is 43.7 Å². The van der Waals surface area contributed by atoms with Gasteiger partial charge in [-0.1, -0.05) is 25.8 Å². The van der Waals surface area contributed by atoms with Gasteiger partial charge in [-0.25, -0.2) is 0 Å². The lowest BCUT2D eigenvalue weighted by atomic mass is 9.82. The molecule has 1 heterocycles. The van der Waals surface area contributed by atoms with E-state index in [0.717, 1.165) is 19.3 Å². The minimum Gasteiger partial charge on any atom is -0.393 e. The van der Waals surface area contributed by atoms with Gasteiger partial charge >= 0.3 is 0 Å². The van der Waals surface area contributed by atoms with Gasteiger partial charge in [0, 0.05) is 17.1 Å². The molecule has 2 N–H and O–H groups in total. The number of nitrogens with one attached hydrogen (secondary N) is 1. The quantitative estimate of drug-likeness (QED) is 0.861. The Bertz CT molecular complexity index is 557. The Morgan fingerprint density at radius 1 is 1.26 bits per heavy atom. The Labute approximate surface area is 114 Å². The fourth-order valence-corrected chi connectivity index (χ4v) is 3.32. The van der Waals surface area contributed by atoms with E-state index in [2.05, 4.69) is 36.3 Å². The molecule has 1 aliphatic rings. The largest absolute Gasteiger partial charge is 0.393 e. The average molecular weight is 257 g/mol. The summed E-state index contributed by atoms with van der Waals surface area (Å²) in [7, 11) is 0. The summed E-state index contributed by atoms with van der Waals surface area (Å²) in [5, 5.41) is 11.5. The van der Waals surface area contributed by atoms with Gasteiger partial charge in [0.15, 0.2) is 0 Å². The lowest BCUT2D eigenvalue weighted by molar-refractivity contribution is 0.0702. The highest BCUT2D eigenvalue weighted by Crippen LogP contribution is 2.30. The number of H-pyrrole nitrogens is 1. The molecule has 2 heteroatoms. The van der Waals surface area contributed by atoms with E-state index in [1.54, 1.807) is 0 Å². The molecule has 1 aromatic heterocycles. The first-order valence-corrected chi connectivity index (χ1v) is 7.55. The molecule has 3 rings (SSSR count). The van der Waals surface area contributed by atoms with E-state index in [9.17, 15) is 5.11 Å². The Morgan fingerprint density at radius 3 is 2.89 bits per heavy atom. The van der Waals surface area contributed by atoms with E-state index in [0.29, 0.717) is 5.92 Å². The van der Waals surface area contributed by atoms with Crippen LogP contribution >= 0.6 is 0 Å². The van der Waals surface area contributed by atoms with E-state index < -0.39 is 0 Å². The van der Waals surface area contributed by atoms with Crippen molar-refractivity contribution in [2.75, 3.05) is 0 Å². The number of aryl methyl sites for hydroxylation is 1. The summed E-state index contributed by atoms with van der Waals surface area (Å²) in [5.41, 5.74) is 3.98. The molecule has 2 unspecified atom stereocenters. The number of fused-ring (bicyclic) bond motifs is 1. The van der Waals surface area contributed by atoms with E-state index >= 15 is 0 Å². The Hall–Kier alpha value is -1.28. The molecular formula is C17H23NO. The molecule has 2 aromatic rings. The first-order valence-electron chi connectivity index (χ1n) is 7.55. The maximum atomic E-state index is 10.1. The molecule has 102 valence electrons. The molecule has 2 nitrogen and oxygen atoms in total. The van der Waals surface area contributed by atoms with Crippen LogP contribution < -0.4 is 0 Å². The van der Waals surface area contributed by atoms with Crippen LogP contribution in [0.4, 0.5) is 0 Å². The molecule has 0 aliphatic heterocycles. The number of aromatic nitrogens is 1. The van der Waals surface area contributed by atoms with Crippen molar-refractivity contribution in [3.05, 3.63) is 35.5 Å². The average Bonchev–Trinajstić information content (AvgIpc) is 2.84. The summed E-state index contributed by atoms with van der Waals surface area (Å²) < 4.78 is 0. The molecule has 0 bridgehead atoms. The fraction of sp³-hybridized carbons (Fsp3) is 0.529. The number of hydrogen-bond acceptors (Lipinski definition) is 1. The van der Waals surface area contributed by atoms with Gasteiger partial charge in [-0.05, 0) is 54.9 Å². The van der Waals surface area contributed by atoms with Crippen molar-refractivity contribution < 1.29 is 5.11 Å². The van der Waals surface area contributed by atoms with Crippen LogP contribution in [0.5, 0.6) is 0 Å². The molecule has 1 aromatic carbocycles. The van der Waals surface area contributed by atoms with Crippen molar-refractivity contribution in [3.8, 4) is 0 Å². The Balaban J connectivity index is 1.87. The molecule has 0 amide bonds. The SMILES string of the molecule is CCc1ccc2[nH]cc(CC3CCCCC3O)c2c1. The molecule has 0 spiro atoms. The second-order valence-corrected chi connectivity index (χ2v) is 5.86. The van der Waals surface area contributed by atoms with Crippen LogP contribution in [0, 0.1) is 5.92 Å². The summed E-state index contributed by atoms with van der Waals surface area (Å²) in [6.45, 7) is 2.19. The van der Waals surface area contributed by atoms with Gasteiger partial charge in [-0.3, -0.25) is 0 Å². The topological polar surface area (TPSA) is 36.0 Å². The zero-order valence-electron chi connectivity index (χ0n) is 11.7. The van der Waals surface area contributed by atoms with Crippen molar-refractivity contribution in [1.82, 2.24) is 4.98 Å². The molecule has 0 radical (unpaired) electrons. The van der Waals surface area contributed by atoms with E-state index in [1.807, 2.05) is 0 Å². The van der Waals surface area contributed by atoms with E-state index in [-0.39, 0.29) is 6.10 Å². The monoisotopic (exact) mass is 257 g/mol. The smallest absolute Gasteiger partial charge is 0.0571 e. The standard InChI is InChI=1S/C17H23NO/c1-2-12-7-8-16-15(9-12)14(11-18-16)10-13-5-3-4-6-17(13)19/h7-9,11,13,17-19H,2-6,10H2,1H3. The predicted octanol–water partition coefficient (Wildman–Crippen LogP) is 3.82. The fourth-order valence-electron chi connectivity index (χ4n) is 3.32. The Morgan fingerprint density at radius 2 is 2.11 bits per heavy atom. The summed E-state index contributed by atoms with van der Waals surface area (Å²) in [6, 6.07) is 6.67. The summed E-state index contributed by atoms with van der Waals surface area (Å²) in [5.74, 6) is 0.443. The highest BCUT2D eigenvalue weighted by Gasteiger charge is 2.24. The summed E-state index contributed by atoms with van der Waals surface area (Å²) in [4.78, 5) is 3.36. The zero-order chi connectivity index (χ0) is 13.2. The molecule has 0 saturated heterocycles. The maximum absolute atomic E-state index is 10.1. The van der Waals surface area contributed by atoms with Crippen LogP contribution in [0.3, 0.4) is 0 Å². The highest BCUT2D eigenvalue weighted by molar-refractivity contribution is 5.83. The van der Waals surface area contributed by atoms with Crippen LogP contribution in [0.2, 0.25) is 0 Å². The lowest BCUT2D eigenvalue weighted by Crippen LogP contribution is -2.26. The molecule has 1 aliphatic carbocycles. The second kappa shape index (κ2) is 5.38. The van der Waals surface area contributed by atoms with Gasteiger partial charge in [0.05, 0.1) is 6.10 Å². The van der Waals surface area contributed by atoms with Crippen molar-refractivity contribution >= 4 is 10.9 Å². The molecule has 19 heavy (non-hydrogen) atoms. The molecular weight excluding hydrogens is 234 g/mol. The van der Waals surface area contributed by atoms with Crippen molar-refractivity contribution in [2.45, 2.75) is 51.6 Å². The lowest BCUT2D eigenvalue weighted by Gasteiger charge is -2.27. The van der Waals surface area contributed by atoms with Gasteiger partial charge in [-0.15, -0.1) is 0 Å². The number of hydrogen-bond donors (Lipinski definition) is 2. The number of aromatic amines is 1. The normalized spacial score (nSPS) is 23.9. The molecule has 2 atom stereocenters. The number of benzene rings is 1. The van der Waals surface area contributed by atoms with Crippen LogP contribution in [0.15, 0.2) is 24.4 Å². The van der Waals surface area contributed by atoms with Gasteiger partial charge in [0.1, 0.15) is 0 Å².